The van der Waals surface area contributed by atoms with Gasteiger partial charge in [-0.25, -0.2) is 27.2 Å². The van der Waals surface area contributed by atoms with E-state index in [0.29, 0.717) is 38.2 Å². The third-order valence-corrected chi connectivity index (χ3v) is 11.1. The van der Waals surface area contributed by atoms with Gasteiger partial charge in [0.15, 0.2) is 23.3 Å². The highest BCUT2D eigenvalue weighted by Gasteiger charge is 2.25. The molecular formula is C30H18F4N12O4S4. The Balaban J connectivity index is 0.000000189. The van der Waals surface area contributed by atoms with Crippen LogP contribution in [0, 0.1) is 30.2 Å². The first kappa shape index (κ1) is 37.9. The second-order valence-corrected chi connectivity index (χ2v) is 14.4. The molecule has 3 heterocycles. The molecule has 3 aromatic heterocycles. The smallest absolute Gasteiger partial charge is 0.335 e. The van der Waals surface area contributed by atoms with E-state index in [-0.39, 0.29) is 16.3 Å². The third kappa shape index (κ3) is 8.35. The first-order valence-electron chi connectivity index (χ1n) is 14.6. The van der Waals surface area contributed by atoms with Gasteiger partial charge in [-0.3, -0.25) is 0 Å². The van der Waals surface area contributed by atoms with Gasteiger partial charge < -0.3 is 10.2 Å². The van der Waals surface area contributed by atoms with Gasteiger partial charge in [-0.2, -0.15) is 14.0 Å². The number of rotatable bonds is 11. The Kier molecular flexibility index (Phi) is 11.8. The van der Waals surface area contributed by atoms with Crippen LogP contribution in [0.3, 0.4) is 0 Å². The maximum Gasteiger partial charge on any atom is 0.335 e. The van der Waals surface area contributed by atoms with Gasteiger partial charge in [0.25, 0.3) is 0 Å². The van der Waals surface area contributed by atoms with E-state index in [9.17, 15) is 27.2 Å². The minimum Gasteiger partial charge on any atom is -0.478 e. The van der Waals surface area contributed by atoms with E-state index < -0.39 is 45.7 Å². The molecular weight excluding hydrogens is 797 g/mol. The average Bonchev–Trinajstić information content (AvgIpc) is 3.98. The van der Waals surface area contributed by atoms with Gasteiger partial charge >= 0.3 is 11.9 Å². The Morgan fingerprint density at radius 2 is 0.926 bits per heavy atom. The summed E-state index contributed by atoms with van der Waals surface area (Å²) in [5.41, 5.74) is 1.11. The maximum absolute atomic E-state index is 13.9. The van der Waals surface area contributed by atoms with E-state index >= 15 is 0 Å². The summed E-state index contributed by atoms with van der Waals surface area (Å²) in [6, 6.07) is 21.2. The quantitative estimate of drug-likeness (QED) is 0.0852. The Labute approximate surface area is 315 Å². The summed E-state index contributed by atoms with van der Waals surface area (Å²) in [6.45, 7) is 0.967. The van der Waals surface area contributed by atoms with Crippen molar-refractivity contribution in [3.05, 3.63) is 119 Å². The Bertz CT molecular complexity index is 2350. The second kappa shape index (κ2) is 16.9. The van der Waals surface area contributed by atoms with Gasteiger partial charge in [0.2, 0.25) is 15.5 Å². The number of nitrogens with zero attached hydrogens (tertiary/aromatic N) is 12. The maximum atomic E-state index is 13.9. The second-order valence-electron chi connectivity index (χ2n) is 10.2. The normalized spacial score (nSPS) is 10.9. The van der Waals surface area contributed by atoms with Crippen LogP contribution in [-0.4, -0.2) is 82.8 Å². The summed E-state index contributed by atoms with van der Waals surface area (Å²) in [5.74, 6) is -7.84. The average molecular weight is 815 g/mol. The lowest BCUT2D eigenvalue weighted by atomic mass is 10.2. The van der Waals surface area contributed by atoms with Crippen LogP contribution in [0.1, 0.15) is 26.3 Å². The van der Waals surface area contributed by atoms with Gasteiger partial charge in [0.1, 0.15) is 0 Å². The summed E-state index contributed by atoms with van der Waals surface area (Å²) >= 11 is 0. The molecule has 0 spiro atoms. The van der Waals surface area contributed by atoms with E-state index in [1.165, 1.54) is 38.3 Å². The molecule has 4 aromatic carbocycles. The lowest BCUT2D eigenvalue weighted by molar-refractivity contribution is 0.0686. The molecule has 274 valence electrons. The molecule has 54 heavy (non-hydrogen) atoms. The highest BCUT2D eigenvalue weighted by Crippen LogP contribution is 2.41. The summed E-state index contributed by atoms with van der Waals surface area (Å²) in [5, 5.41) is 53.3. The molecule has 0 radical (unpaired) electrons. The van der Waals surface area contributed by atoms with E-state index in [4.69, 9.17) is 10.2 Å². The van der Waals surface area contributed by atoms with Gasteiger partial charge in [0, 0.05) is 5.56 Å². The Morgan fingerprint density at radius 3 is 1.35 bits per heavy atom. The van der Waals surface area contributed by atoms with Crippen LogP contribution in [0.5, 0.6) is 0 Å². The summed E-state index contributed by atoms with van der Waals surface area (Å²) in [7, 11) is 3.60. The number of carbonyl (C=O) groups is 2. The summed E-state index contributed by atoms with van der Waals surface area (Å²) < 4.78 is 59.1. The van der Waals surface area contributed by atoms with Crippen LogP contribution in [-0.2, 0) is 0 Å². The molecule has 0 aliphatic carbocycles. The zero-order chi connectivity index (χ0) is 38.4. The predicted molar refractivity (Wildman–Crippen MR) is 186 cm³/mol. The Hall–Kier alpha value is -5.85. The molecule has 0 saturated heterocycles. The van der Waals surface area contributed by atoms with Crippen molar-refractivity contribution >= 4 is 55.1 Å². The van der Waals surface area contributed by atoms with Crippen molar-refractivity contribution in [2.24, 2.45) is 0 Å². The molecule has 24 heteroatoms. The van der Waals surface area contributed by atoms with Crippen LogP contribution in [0.4, 0.5) is 17.6 Å². The number of tetrazole rings is 3. The van der Waals surface area contributed by atoms with Crippen LogP contribution >= 0.6 is 43.2 Å². The molecule has 2 N–H and O–H groups in total. The van der Waals surface area contributed by atoms with Crippen LogP contribution < -0.4 is 0 Å². The topological polar surface area (TPSA) is 205 Å². The fourth-order valence-electron chi connectivity index (χ4n) is 4.24. The van der Waals surface area contributed by atoms with Crippen LogP contribution in [0.2, 0.25) is 0 Å². The van der Waals surface area contributed by atoms with E-state index in [0.717, 1.165) is 39.3 Å². The van der Waals surface area contributed by atoms with E-state index in [1.807, 2.05) is 0 Å². The molecule has 0 amide bonds. The number of halogens is 4. The fraction of sp³-hybridized carbons (Fsp3) is 0.0333. The number of hydrogen-bond acceptors (Lipinski definition) is 15. The van der Waals surface area contributed by atoms with E-state index in [2.05, 4.69) is 46.6 Å². The van der Waals surface area contributed by atoms with Gasteiger partial charge in [0.05, 0.1) is 33.1 Å². The van der Waals surface area contributed by atoms with Crippen molar-refractivity contribution < 1.29 is 37.4 Å². The molecule has 0 fully saturated rings. The van der Waals surface area contributed by atoms with Crippen molar-refractivity contribution in [3.63, 3.8) is 0 Å². The number of hydrogen-bond donors (Lipinski definition) is 2. The number of aromatic carboxylic acids is 2. The molecule has 0 saturated carbocycles. The molecule has 0 aliphatic heterocycles. The lowest BCUT2D eigenvalue weighted by Crippen LogP contribution is -2.03. The number of carboxylic acid groups (broad SMARTS) is 2. The Morgan fingerprint density at radius 1 is 0.537 bits per heavy atom. The van der Waals surface area contributed by atoms with Crippen LogP contribution in [0.25, 0.3) is 17.1 Å². The van der Waals surface area contributed by atoms with Gasteiger partial charge in [-0.15, -0.1) is 15.3 Å². The van der Waals surface area contributed by atoms with Crippen molar-refractivity contribution in [2.75, 3.05) is 0 Å². The van der Waals surface area contributed by atoms with Crippen molar-refractivity contribution in [2.45, 2.75) is 27.3 Å². The predicted octanol–water partition coefficient (Wildman–Crippen LogP) is 6.16. The number of para-hydroxylation sites is 1. The minimum absolute atomic E-state index is 0.105. The van der Waals surface area contributed by atoms with Crippen molar-refractivity contribution in [3.8, 4) is 17.1 Å². The largest absolute Gasteiger partial charge is 0.478 e. The van der Waals surface area contributed by atoms with Crippen LogP contribution in [0.15, 0.2) is 99.2 Å². The summed E-state index contributed by atoms with van der Waals surface area (Å²) in [6.07, 6.45) is 0. The van der Waals surface area contributed by atoms with Gasteiger partial charge in [-0.05, 0) is 130 Å². The highest BCUT2D eigenvalue weighted by atomic mass is 33.1. The zero-order valence-electron chi connectivity index (χ0n) is 26.7. The first-order chi connectivity index (χ1) is 26.0. The number of aromatic nitrogens is 12. The standard InChI is InChI=1S/C16H10N8O4S2.C14H8F4N4S2/c25-13(26)9-3-1-5-11(7-9)23-15(17-19-21-23)29-30-16-18-20-22-24(16)12-6-2-4-10(8-12)14(27)28;1-7-9(15)11(17)13(12(18)10(7)16)23-24-14-19-20-21-22(14)8-5-3-2-4-6-8/h1-8H,(H,25,26)(H,27,28);2-6H,1H3. The molecule has 0 bridgehead atoms. The van der Waals surface area contributed by atoms with E-state index in [1.54, 1.807) is 54.6 Å². The molecule has 7 rings (SSSR count). The SMILES string of the molecule is Cc1c(F)c(F)c(SSc2nnnn2-c2ccccc2)c(F)c1F.O=C(O)c1cccc(-n2nnnc2SSc2nnnn2-c2cccc(C(=O)O)c2)c1. The number of carboxylic acids is 2. The molecule has 0 unspecified atom stereocenters. The molecule has 16 nitrogen and oxygen atoms in total. The fourth-order valence-corrected chi connectivity index (χ4v) is 8.01. The zero-order valence-corrected chi connectivity index (χ0v) is 30.0. The van der Waals surface area contributed by atoms with Gasteiger partial charge in [-0.1, -0.05) is 30.3 Å². The minimum atomic E-state index is -1.44. The molecule has 7 aromatic rings. The first-order valence-corrected chi connectivity index (χ1v) is 18.9. The molecule has 0 aliphatic rings. The third-order valence-electron chi connectivity index (χ3n) is 6.83. The van der Waals surface area contributed by atoms with Crippen molar-refractivity contribution in [1.82, 2.24) is 60.6 Å². The van der Waals surface area contributed by atoms with Crippen molar-refractivity contribution in [1.29, 1.82) is 0 Å². The number of benzene rings is 4. The molecule has 0 atom stereocenters. The summed E-state index contributed by atoms with van der Waals surface area (Å²) in [4.78, 5) is 21.6. The highest BCUT2D eigenvalue weighted by molar-refractivity contribution is 8.77. The monoisotopic (exact) mass is 814 g/mol. The lowest BCUT2D eigenvalue weighted by Gasteiger charge is -2.08.